The largest absolute Gasteiger partial charge is 0.338 e. The van der Waals surface area contributed by atoms with Gasteiger partial charge in [0.05, 0.1) is 29.6 Å². The van der Waals surface area contributed by atoms with Gasteiger partial charge in [0, 0.05) is 54.4 Å². The highest BCUT2D eigenvalue weighted by atomic mass is 19.3. The van der Waals surface area contributed by atoms with Crippen LogP contribution in [0.3, 0.4) is 0 Å². The molecular formula is C23H19F2N7. The van der Waals surface area contributed by atoms with E-state index in [4.69, 9.17) is 0 Å². The predicted molar refractivity (Wildman–Crippen MR) is 117 cm³/mol. The lowest BCUT2D eigenvalue weighted by Crippen LogP contribution is -2.24. The highest BCUT2D eigenvalue weighted by Gasteiger charge is 2.37. The maximum absolute atomic E-state index is 13.5. The summed E-state index contributed by atoms with van der Waals surface area (Å²) in [4.78, 5) is 18.3. The lowest BCUT2D eigenvalue weighted by atomic mass is 10.1. The Bertz CT molecular complexity index is 1410. The Labute approximate surface area is 181 Å². The van der Waals surface area contributed by atoms with Gasteiger partial charge in [-0.25, -0.2) is 13.8 Å². The van der Waals surface area contributed by atoms with Gasteiger partial charge >= 0.3 is 0 Å². The van der Waals surface area contributed by atoms with Gasteiger partial charge in [-0.1, -0.05) is 0 Å². The zero-order valence-electron chi connectivity index (χ0n) is 17.0. The molecule has 1 aliphatic rings. The van der Waals surface area contributed by atoms with Crippen LogP contribution in [-0.4, -0.2) is 54.0 Å². The highest BCUT2D eigenvalue weighted by Crippen LogP contribution is 2.31. The first kappa shape index (κ1) is 19.0. The van der Waals surface area contributed by atoms with Gasteiger partial charge in [0.25, 0.3) is 5.92 Å². The minimum absolute atomic E-state index is 0.0924. The van der Waals surface area contributed by atoms with Crippen molar-refractivity contribution in [2.75, 3.05) is 13.1 Å². The number of alkyl halides is 2. The summed E-state index contributed by atoms with van der Waals surface area (Å²) in [6.45, 7) is 0.621. The van der Waals surface area contributed by atoms with Crippen molar-refractivity contribution in [3.63, 3.8) is 0 Å². The molecule has 0 aliphatic carbocycles. The normalized spacial score (nSPS) is 16.3. The molecule has 6 rings (SSSR count). The molecule has 0 radical (unpaired) electrons. The van der Waals surface area contributed by atoms with Crippen LogP contribution >= 0.6 is 0 Å². The monoisotopic (exact) mass is 431 g/mol. The van der Waals surface area contributed by atoms with E-state index in [2.05, 4.69) is 30.1 Å². The Kier molecular flexibility index (Phi) is 4.25. The number of hydrogen-bond donors (Lipinski definition) is 2. The number of aromatic amines is 2. The number of pyridine rings is 3. The summed E-state index contributed by atoms with van der Waals surface area (Å²) in [5, 5.41) is 9.44. The van der Waals surface area contributed by atoms with Crippen LogP contribution in [0.1, 0.15) is 12.0 Å². The third-order valence-corrected chi connectivity index (χ3v) is 5.84. The van der Waals surface area contributed by atoms with E-state index in [1.54, 1.807) is 29.7 Å². The second-order valence-electron chi connectivity index (χ2n) is 8.21. The third-order valence-electron chi connectivity index (χ3n) is 5.84. The molecule has 0 aromatic carbocycles. The minimum atomic E-state index is -2.60. The summed E-state index contributed by atoms with van der Waals surface area (Å²) in [5.41, 5.74) is 5.73. The Morgan fingerprint density at radius 2 is 2.03 bits per heavy atom. The van der Waals surface area contributed by atoms with Crippen molar-refractivity contribution in [2.45, 2.75) is 18.9 Å². The van der Waals surface area contributed by atoms with Crippen molar-refractivity contribution in [1.82, 2.24) is 35.0 Å². The number of hydrogen-bond acceptors (Lipinski definition) is 5. The van der Waals surface area contributed by atoms with E-state index < -0.39 is 5.92 Å². The van der Waals surface area contributed by atoms with E-state index in [0.29, 0.717) is 13.1 Å². The zero-order chi connectivity index (χ0) is 21.7. The molecule has 0 unspecified atom stereocenters. The van der Waals surface area contributed by atoms with E-state index in [0.717, 1.165) is 50.1 Å². The lowest BCUT2D eigenvalue weighted by Gasteiger charge is -2.15. The zero-order valence-corrected chi connectivity index (χ0v) is 17.0. The molecule has 6 heterocycles. The molecule has 2 N–H and O–H groups in total. The topological polar surface area (TPSA) is 86.4 Å². The van der Waals surface area contributed by atoms with Gasteiger partial charge in [-0.05, 0) is 35.9 Å². The molecule has 32 heavy (non-hydrogen) atoms. The van der Waals surface area contributed by atoms with Gasteiger partial charge in [-0.3, -0.25) is 20.0 Å². The van der Waals surface area contributed by atoms with Crippen LogP contribution < -0.4 is 0 Å². The number of likely N-dealkylation sites (tertiary alicyclic amines) is 1. The van der Waals surface area contributed by atoms with Gasteiger partial charge in [0.15, 0.2) is 0 Å². The number of halogens is 2. The molecule has 0 saturated carbocycles. The molecule has 7 nitrogen and oxygen atoms in total. The summed E-state index contributed by atoms with van der Waals surface area (Å²) in [6, 6.07) is 9.85. The fourth-order valence-electron chi connectivity index (χ4n) is 4.28. The first-order chi connectivity index (χ1) is 15.5. The van der Waals surface area contributed by atoms with Crippen LogP contribution in [0.25, 0.3) is 44.6 Å². The molecule has 0 amide bonds. The van der Waals surface area contributed by atoms with Crippen LogP contribution in [0.2, 0.25) is 0 Å². The van der Waals surface area contributed by atoms with Crippen LogP contribution in [0.5, 0.6) is 0 Å². The molecule has 1 saturated heterocycles. The predicted octanol–water partition coefficient (Wildman–Crippen LogP) is 4.40. The summed E-state index contributed by atoms with van der Waals surface area (Å²) >= 11 is 0. The maximum atomic E-state index is 13.5. The SMILES string of the molecule is FC1(F)CCN(Cc2cncc(-c3cc4c(-c5cc6cccnc6[nH]5)n[nH]c4cn3)c2)C1. The second-order valence-corrected chi connectivity index (χ2v) is 8.21. The first-order valence-electron chi connectivity index (χ1n) is 10.4. The Hall–Kier alpha value is -3.72. The van der Waals surface area contributed by atoms with Crippen molar-refractivity contribution < 1.29 is 8.78 Å². The first-order valence-corrected chi connectivity index (χ1v) is 10.4. The fraction of sp³-hybridized carbons (Fsp3) is 0.217. The molecule has 160 valence electrons. The fourth-order valence-corrected chi connectivity index (χ4v) is 4.28. The molecule has 0 bridgehead atoms. The van der Waals surface area contributed by atoms with Crippen LogP contribution in [0.15, 0.2) is 55.1 Å². The lowest BCUT2D eigenvalue weighted by molar-refractivity contribution is 0.0115. The molecule has 9 heteroatoms. The smallest absolute Gasteiger partial charge is 0.261 e. The molecule has 5 aromatic heterocycles. The van der Waals surface area contributed by atoms with Crippen LogP contribution in [0.4, 0.5) is 8.78 Å². The van der Waals surface area contributed by atoms with Crippen molar-refractivity contribution in [3.8, 4) is 22.6 Å². The van der Waals surface area contributed by atoms with E-state index >= 15 is 0 Å². The molecule has 5 aromatic rings. The Morgan fingerprint density at radius 1 is 1.09 bits per heavy atom. The minimum Gasteiger partial charge on any atom is -0.338 e. The van der Waals surface area contributed by atoms with Gasteiger partial charge in [-0.2, -0.15) is 5.10 Å². The Morgan fingerprint density at radius 3 is 2.88 bits per heavy atom. The standard InChI is InChI=1S/C23H19F2N7/c24-23(25)3-5-32(13-23)12-14-6-16(10-26-9-14)18-8-17-20(11-28-18)30-31-21(17)19-7-15-2-1-4-27-22(15)29-19/h1-2,4,6-11H,3,5,12-13H2,(H,27,29)(H,30,31). The average Bonchev–Trinajstić information content (AvgIpc) is 3.49. The number of rotatable bonds is 4. The van der Waals surface area contributed by atoms with E-state index in [1.165, 1.54) is 0 Å². The molecular weight excluding hydrogens is 412 g/mol. The van der Waals surface area contributed by atoms with E-state index in [1.807, 2.05) is 30.3 Å². The van der Waals surface area contributed by atoms with Crippen LogP contribution in [-0.2, 0) is 6.54 Å². The van der Waals surface area contributed by atoms with Gasteiger partial charge in [0.2, 0.25) is 0 Å². The third kappa shape index (κ3) is 3.40. The average molecular weight is 431 g/mol. The van der Waals surface area contributed by atoms with Gasteiger partial charge in [0.1, 0.15) is 11.3 Å². The molecule has 1 fully saturated rings. The van der Waals surface area contributed by atoms with E-state index in [9.17, 15) is 8.78 Å². The summed E-state index contributed by atoms with van der Waals surface area (Å²) in [6.07, 6.45) is 6.86. The highest BCUT2D eigenvalue weighted by molar-refractivity contribution is 5.96. The summed E-state index contributed by atoms with van der Waals surface area (Å²) in [7, 11) is 0. The molecule has 0 spiro atoms. The maximum Gasteiger partial charge on any atom is 0.261 e. The van der Waals surface area contributed by atoms with E-state index in [-0.39, 0.29) is 13.0 Å². The number of nitrogens with one attached hydrogen (secondary N) is 2. The number of fused-ring (bicyclic) bond motifs is 2. The number of H-pyrrole nitrogens is 2. The van der Waals surface area contributed by atoms with Crippen molar-refractivity contribution >= 4 is 21.9 Å². The quantitative estimate of drug-likeness (QED) is 0.440. The molecule has 0 atom stereocenters. The van der Waals surface area contributed by atoms with Crippen LogP contribution in [0, 0.1) is 0 Å². The van der Waals surface area contributed by atoms with Gasteiger partial charge < -0.3 is 4.98 Å². The second kappa shape index (κ2) is 7.16. The van der Waals surface area contributed by atoms with Gasteiger partial charge in [-0.15, -0.1) is 0 Å². The van der Waals surface area contributed by atoms with Crippen molar-refractivity contribution in [2.24, 2.45) is 0 Å². The number of nitrogens with zero attached hydrogens (tertiary/aromatic N) is 5. The van der Waals surface area contributed by atoms with Crippen molar-refractivity contribution in [3.05, 3.63) is 60.7 Å². The Balaban J connectivity index is 1.34. The number of aromatic nitrogens is 6. The summed E-state index contributed by atoms with van der Waals surface area (Å²) in [5.74, 6) is -2.60. The van der Waals surface area contributed by atoms with Crippen molar-refractivity contribution in [1.29, 1.82) is 0 Å². The summed E-state index contributed by atoms with van der Waals surface area (Å²) < 4.78 is 27.0. The molecule has 1 aliphatic heterocycles.